The molecule has 1 heterocycles. The summed E-state index contributed by atoms with van der Waals surface area (Å²) in [5.74, 6) is 0.410. The summed E-state index contributed by atoms with van der Waals surface area (Å²) in [5, 5.41) is 9.60. The van der Waals surface area contributed by atoms with Gasteiger partial charge in [-0.15, -0.1) is 0 Å². The molecule has 1 atom stereocenters. The van der Waals surface area contributed by atoms with Crippen molar-refractivity contribution in [1.82, 2.24) is 9.80 Å². The molecule has 0 amide bonds. The SMILES string of the molecule is CN1CCN(C2CCCc3cc(O)ccc32)CC1. The first-order valence-corrected chi connectivity index (χ1v) is 6.98. The van der Waals surface area contributed by atoms with Crippen molar-refractivity contribution >= 4 is 0 Å². The van der Waals surface area contributed by atoms with Crippen molar-refractivity contribution in [3.63, 3.8) is 0 Å². The van der Waals surface area contributed by atoms with Gasteiger partial charge in [0.2, 0.25) is 0 Å². The number of nitrogens with zero attached hydrogens (tertiary/aromatic N) is 2. The zero-order chi connectivity index (χ0) is 12.5. The predicted octanol–water partition coefficient (Wildman–Crippen LogP) is 2.02. The number of rotatable bonds is 1. The van der Waals surface area contributed by atoms with Crippen molar-refractivity contribution < 1.29 is 5.11 Å². The van der Waals surface area contributed by atoms with Gasteiger partial charge >= 0.3 is 0 Å². The fourth-order valence-corrected chi connectivity index (χ4v) is 3.29. The molecule has 1 aliphatic carbocycles. The second kappa shape index (κ2) is 4.90. The van der Waals surface area contributed by atoms with Gasteiger partial charge in [0.15, 0.2) is 0 Å². The number of aromatic hydroxyl groups is 1. The van der Waals surface area contributed by atoms with Crippen LogP contribution < -0.4 is 0 Å². The Kier molecular flexibility index (Phi) is 3.27. The Morgan fingerprint density at radius 1 is 1.17 bits per heavy atom. The van der Waals surface area contributed by atoms with Gasteiger partial charge in [0, 0.05) is 32.2 Å². The average molecular weight is 246 g/mol. The van der Waals surface area contributed by atoms with Gasteiger partial charge in [0.25, 0.3) is 0 Å². The van der Waals surface area contributed by atoms with Crippen LogP contribution in [0.1, 0.15) is 30.0 Å². The lowest BCUT2D eigenvalue weighted by Crippen LogP contribution is -2.46. The summed E-state index contributed by atoms with van der Waals surface area (Å²) in [6, 6.07) is 6.50. The molecule has 1 fully saturated rings. The molecule has 1 saturated heterocycles. The second-order valence-electron chi connectivity index (χ2n) is 5.63. The summed E-state index contributed by atoms with van der Waals surface area (Å²) < 4.78 is 0. The number of phenolic OH excluding ortho intramolecular Hbond substituents is 1. The third-order valence-corrected chi connectivity index (χ3v) is 4.39. The van der Waals surface area contributed by atoms with E-state index in [9.17, 15) is 5.11 Å². The first kappa shape index (κ1) is 12.0. The molecule has 98 valence electrons. The summed E-state index contributed by atoms with van der Waals surface area (Å²) in [4.78, 5) is 5.02. The number of aryl methyl sites for hydroxylation is 1. The summed E-state index contributed by atoms with van der Waals surface area (Å²) >= 11 is 0. The molecule has 0 aromatic heterocycles. The highest BCUT2D eigenvalue weighted by Crippen LogP contribution is 2.36. The normalized spacial score (nSPS) is 25.9. The maximum absolute atomic E-state index is 9.60. The standard InChI is InChI=1S/C15H22N2O/c1-16-7-9-17(10-8-16)15-4-2-3-12-11-13(18)5-6-14(12)15/h5-6,11,15,18H,2-4,7-10H2,1H3. The topological polar surface area (TPSA) is 26.7 Å². The minimum atomic E-state index is 0.410. The lowest BCUT2D eigenvalue weighted by atomic mass is 9.86. The second-order valence-corrected chi connectivity index (χ2v) is 5.63. The fourth-order valence-electron chi connectivity index (χ4n) is 3.29. The maximum atomic E-state index is 9.60. The Bertz CT molecular complexity index is 425. The van der Waals surface area contributed by atoms with Crippen LogP contribution in [0.15, 0.2) is 18.2 Å². The molecule has 1 aromatic carbocycles. The van der Waals surface area contributed by atoms with E-state index in [0.717, 1.165) is 6.42 Å². The van der Waals surface area contributed by atoms with Crippen LogP contribution >= 0.6 is 0 Å². The lowest BCUT2D eigenvalue weighted by molar-refractivity contribution is 0.102. The van der Waals surface area contributed by atoms with E-state index < -0.39 is 0 Å². The van der Waals surface area contributed by atoms with Crippen LogP contribution in [0.3, 0.4) is 0 Å². The summed E-state index contributed by atoms with van der Waals surface area (Å²) in [6.45, 7) is 4.68. The Balaban J connectivity index is 1.82. The van der Waals surface area contributed by atoms with Crippen molar-refractivity contribution in [2.45, 2.75) is 25.3 Å². The van der Waals surface area contributed by atoms with E-state index in [1.54, 1.807) is 0 Å². The Hall–Kier alpha value is -1.06. The van der Waals surface area contributed by atoms with Crippen LogP contribution in [0, 0.1) is 0 Å². The molecule has 3 heteroatoms. The molecule has 0 spiro atoms. The summed E-state index contributed by atoms with van der Waals surface area (Å²) in [6.07, 6.45) is 3.63. The number of hydrogen-bond donors (Lipinski definition) is 1. The largest absolute Gasteiger partial charge is 0.508 e. The maximum Gasteiger partial charge on any atom is 0.115 e. The fraction of sp³-hybridized carbons (Fsp3) is 0.600. The van der Waals surface area contributed by atoms with Crippen molar-refractivity contribution in [2.24, 2.45) is 0 Å². The highest BCUT2D eigenvalue weighted by molar-refractivity contribution is 5.38. The molecule has 0 radical (unpaired) electrons. The predicted molar refractivity (Wildman–Crippen MR) is 72.9 cm³/mol. The quantitative estimate of drug-likeness (QED) is 0.821. The lowest BCUT2D eigenvalue weighted by Gasteiger charge is -2.40. The monoisotopic (exact) mass is 246 g/mol. The molecule has 0 bridgehead atoms. The van der Waals surface area contributed by atoms with Gasteiger partial charge in [0.1, 0.15) is 5.75 Å². The van der Waals surface area contributed by atoms with Gasteiger partial charge in [-0.25, -0.2) is 0 Å². The van der Waals surface area contributed by atoms with E-state index >= 15 is 0 Å². The summed E-state index contributed by atoms with van der Waals surface area (Å²) in [5.41, 5.74) is 2.80. The summed E-state index contributed by atoms with van der Waals surface area (Å²) in [7, 11) is 2.20. The van der Waals surface area contributed by atoms with Gasteiger partial charge in [-0.3, -0.25) is 4.90 Å². The minimum absolute atomic E-state index is 0.410. The van der Waals surface area contributed by atoms with Gasteiger partial charge in [-0.1, -0.05) is 6.07 Å². The number of hydrogen-bond acceptors (Lipinski definition) is 3. The van der Waals surface area contributed by atoms with Crippen molar-refractivity contribution in [3.8, 4) is 5.75 Å². The van der Waals surface area contributed by atoms with Crippen LogP contribution in [0.25, 0.3) is 0 Å². The number of phenols is 1. The van der Waals surface area contributed by atoms with E-state index in [-0.39, 0.29) is 0 Å². The van der Waals surface area contributed by atoms with Gasteiger partial charge in [-0.05, 0) is 49.6 Å². The van der Waals surface area contributed by atoms with E-state index in [4.69, 9.17) is 0 Å². The molecule has 18 heavy (non-hydrogen) atoms. The molecule has 3 rings (SSSR count). The molecule has 3 nitrogen and oxygen atoms in total. The minimum Gasteiger partial charge on any atom is -0.508 e. The first-order valence-electron chi connectivity index (χ1n) is 6.98. The molecule has 2 aliphatic rings. The molecule has 1 aromatic rings. The number of benzene rings is 1. The highest BCUT2D eigenvalue weighted by Gasteiger charge is 2.27. The average Bonchev–Trinajstić information content (AvgIpc) is 2.38. The van der Waals surface area contributed by atoms with Gasteiger partial charge in [0.05, 0.1) is 0 Å². The molecular weight excluding hydrogens is 224 g/mol. The van der Waals surface area contributed by atoms with Crippen LogP contribution in [-0.2, 0) is 6.42 Å². The van der Waals surface area contributed by atoms with Crippen LogP contribution in [-0.4, -0.2) is 48.1 Å². The Labute approximate surface area is 109 Å². The van der Waals surface area contributed by atoms with E-state index in [1.807, 2.05) is 12.1 Å². The highest BCUT2D eigenvalue weighted by atomic mass is 16.3. The molecule has 1 N–H and O–H groups in total. The number of fused-ring (bicyclic) bond motifs is 1. The number of piperazine rings is 1. The van der Waals surface area contributed by atoms with Crippen molar-refractivity contribution in [3.05, 3.63) is 29.3 Å². The van der Waals surface area contributed by atoms with E-state index in [0.29, 0.717) is 11.8 Å². The van der Waals surface area contributed by atoms with E-state index in [1.165, 1.54) is 50.1 Å². The third-order valence-electron chi connectivity index (χ3n) is 4.39. The number of likely N-dealkylation sites (N-methyl/N-ethyl adjacent to an activating group) is 1. The Morgan fingerprint density at radius 2 is 1.94 bits per heavy atom. The Morgan fingerprint density at radius 3 is 2.72 bits per heavy atom. The smallest absolute Gasteiger partial charge is 0.115 e. The zero-order valence-corrected chi connectivity index (χ0v) is 11.1. The van der Waals surface area contributed by atoms with Crippen molar-refractivity contribution in [1.29, 1.82) is 0 Å². The molecule has 1 unspecified atom stereocenters. The first-order chi connectivity index (χ1) is 8.74. The van der Waals surface area contributed by atoms with Crippen LogP contribution in [0.5, 0.6) is 5.75 Å². The van der Waals surface area contributed by atoms with Gasteiger partial charge < -0.3 is 10.0 Å². The third kappa shape index (κ3) is 2.25. The molecule has 1 aliphatic heterocycles. The van der Waals surface area contributed by atoms with Crippen molar-refractivity contribution in [2.75, 3.05) is 33.2 Å². The molecule has 0 saturated carbocycles. The van der Waals surface area contributed by atoms with Gasteiger partial charge in [-0.2, -0.15) is 0 Å². The zero-order valence-electron chi connectivity index (χ0n) is 11.1. The van der Waals surface area contributed by atoms with Crippen LogP contribution in [0.2, 0.25) is 0 Å². The van der Waals surface area contributed by atoms with Crippen LogP contribution in [0.4, 0.5) is 0 Å². The van der Waals surface area contributed by atoms with E-state index in [2.05, 4.69) is 22.9 Å². The molecular formula is C15H22N2O.